The molecule has 0 radical (unpaired) electrons. The molecule has 1 rings (SSSR count). The lowest BCUT2D eigenvalue weighted by Gasteiger charge is -1.91. The average molecular weight is 158 g/mol. The molecule has 1 aromatic heterocycles. The van der Waals surface area contributed by atoms with Gasteiger partial charge >= 0.3 is 5.97 Å². The molecule has 0 saturated carbocycles. The van der Waals surface area contributed by atoms with Crippen molar-refractivity contribution in [3.05, 3.63) is 5.69 Å². The van der Waals surface area contributed by atoms with Gasteiger partial charge in [0.25, 0.3) is 5.88 Å². The maximum atomic E-state index is 10.3. The first-order chi connectivity index (χ1) is 5.16. The van der Waals surface area contributed by atoms with Gasteiger partial charge in [0.15, 0.2) is 5.69 Å². The number of ether oxygens (including phenoxy) is 1. The van der Waals surface area contributed by atoms with E-state index >= 15 is 0 Å². The van der Waals surface area contributed by atoms with Crippen LogP contribution in [0.3, 0.4) is 0 Å². The third-order valence-electron chi connectivity index (χ3n) is 1.12. The summed E-state index contributed by atoms with van der Waals surface area (Å²) in [6.45, 7) is 0. The highest BCUT2D eigenvalue weighted by atomic mass is 16.5. The second kappa shape index (κ2) is 2.49. The molecule has 0 aliphatic heterocycles. The number of aromatic amines is 1. The van der Waals surface area contributed by atoms with Crippen molar-refractivity contribution in [2.45, 2.75) is 0 Å². The number of hydrogen-bond acceptors (Lipinski definition) is 4. The first-order valence-corrected chi connectivity index (χ1v) is 2.71. The monoisotopic (exact) mass is 158 g/mol. The van der Waals surface area contributed by atoms with Crippen LogP contribution >= 0.6 is 0 Å². The summed E-state index contributed by atoms with van der Waals surface area (Å²) in [6.07, 6.45) is 0. The van der Waals surface area contributed by atoms with E-state index in [1.807, 2.05) is 0 Å². The summed E-state index contributed by atoms with van der Waals surface area (Å²) in [5, 5.41) is 22.9. The molecule has 0 aliphatic carbocycles. The Morgan fingerprint density at radius 2 is 2.36 bits per heavy atom. The molecule has 6 heteroatoms. The van der Waals surface area contributed by atoms with Gasteiger partial charge in [-0.3, -0.25) is 5.10 Å². The number of carboxylic acids is 1. The minimum atomic E-state index is -1.28. The van der Waals surface area contributed by atoms with Gasteiger partial charge in [-0.2, -0.15) is 0 Å². The molecule has 0 bridgehead atoms. The van der Waals surface area contributed by atoms with Crippen LogP contribution in [-0.2, 0) is 0 Å². The number of H-pyrrole nitrogens is 1. The van der Waals surface area contributed by atoms with Gasteiger partial charge in [-0.05, 0) is 0 Å². The minimum absolute atomic E-state index is 0.123. The topological polar surface area (TPSA) is 95.4 Å². The van der Waals surface area contributed by atoms with E-state index in [0.29, 0.717) is 0 Å². The van der Waals surface area contributed by atoms with Crippen molar-refractivity contribution in [2.24, 2.45) is 0 Å². The standard InChI is InChI=1S/C5H6N2O4/c1-11-4-3(8)2(5(9)10)6-7-4/h8H,1H3,(H,6,7)(H,9,10). The van der Waals surface area contributed by atoms with Gasteiger partial charge < -0.3 is 14.9 Å². The summed E-state index contributed by atoms with van der Waals surface area (Å²) in [6, 6.07) is 0. The van der Waals surface area contributed by atoms with Crippen LogP contribution in [0.2, 0.25) is 0 Å². The van der Waals surface area contributed by atoms with E-state index in [4.69, 9.17) is 10.2 Å². The molecular formula is C5H6N2O4. The highest BCUT2D eigenvalue weighted by Gasteiger charge is 2.17. The molecule has 0 saturated heterocycles. The third-order valence-corrected chi connectivity index (χ3v) is 1.12. The average Bonchev–Trinajstić information content (AvgIpc) is 2.30. The Morgan fingerprint density at radius 1 is 1.73 bits per heavy atom. The predicted molar refractivity (Wildman–Crippen MR) is 33.8 cm³/mol. The van der Waals surface area contributed by atoms with Crippen LogP contribution in [0.5, 0.6) is 11.6 Å². The largest absolute Gasteiger partial charge is 0.501 e. The Hall–Kier alpha value is -1.72. The highest BCUT2D eigenvalue weighted by Crippen LogP contribution is 2.25. The van der Waals surface area contributed by atoms with Crippen LogP contribution in [0.1, 0.15) is 10.5 Å². The van der Waals surface area contributed by atoms with Crippen LogP contribution in [0.15, 0.2) is 0 Å². The lowest BCUT2D eigenvalue weighted by atomic mass is 10.4. The molecule has 0 aliphatic rings. The van der Waals surface area contributed by atoms with Gasteiger partial charge in [-0.25, -0.2) is 4.79 Å². The molecular weight excluding hydrogens is 152 g/mol. The second-order valence-electron chi connectivity index (χ2n) is 1.76. The van der Waals surface area contributed by atoms with Gasteiger partial charge in [-0.1, -0.05) is 0 Å². The molecule has 0 aromatic carbocycles. The number of rotatable bonds is 2. The molecule has 60 valence electrons. The number of carbonyl (C=O) groups is 1. The summed E-state index contributed by atoms with van der Waals surface area (Å²) in [7, 11) is 1.28. The zero-order chi connectivity index (χ0) is 8.43. The third kappa shape index (κ3) is 1.09. The van der Waals surface area contributed by atoms with Crippen LogP contribution in [-0.4, -0.2) is 33.5 Å². The van der Waals surface area contributed by atoms with E-state index in [-0.39, 0.29) is 11.6 Å². The van der Waals surface area contributed by atoms with Crippen molar-refractivity contribution in [1.29, 1.82) is 0 Å². The van der Waals surface area contributed by atoms with Crippen LogP contribution in [0.4, 0.5) is 0 Å². The zero-order valence-electron chi connectivity index (χ0n) is 5.66. The second-order valence-corrected chi connectivity index (χ2v) is 1.76. The number of carboxylic acid groups (broad SMARTS) is 1. The van der Waals surface area contributed by atoms with Gasteiger partial charge in [0.05, 0.1) is 7.11 Å². The quantitative estimate of drug-likeness (QED) is 0.555. The first kappa shape index (κ1) is 7.39. The Morgan fingerprint density at radius 3 is 2.64 bits per heavy atom. The molecule has 6 nitrogen and oxygen atoms in total. The summed E-state index contributed by atoms with van der Waals surface area (Å²) < 4.78 is 4.52. The fourth-order valence-electron chi connectivity index (χ4n) is 0.611. The van der Waals surface area contributed by atoms with E-state index < -0.39 is 11.7 Å². The molecule has 0 atom stereocenters. The Balaban J connectivity index is 3.10. The molecule has 0 fully saturated rings. The normalized spacial score (nSPS) is 9.55. The minimum Gasteiger partial charge on any atom is -0.501 e. The highest BCUT2D eigenvalue weighted by molar-refractivity contribution is 5.89. The maximum Gasteiger partial charge on any atom is 0.357 e. The van der Waals surface area contributed by atoms with Gasteiger partial charge in [0.2, 0.25) is 5.75 Å². The van der Waals surface area contributed by atoms with Crippen molar-refractivity contribution in [3.63, 3.8) is 0 Å². The number of nitrogens with zero attached hydrogens (tertiary/aromatic N) is 1. The number of hydrogen-bond donors (Lipinski definition) is 3. The van der Waals surface area contributed by atoms with Crippen molar-refractivity contribution < 1.29 is 19.7 Å². The Labute approximate surface area is 61.4 Å². The van der Waals surface area contributed by atoms with E-state index in [2.05, 4.69) is 14.9 Å². The van der Waals surface area contributed by atoms with Crippen molar-refractivity contribution in [3.8, 4) is 11.6 Å². The molecule has 0 amide bonds. The van der Waals surface area contributed by atoms with E-state index in [9.17, 15) is 4.79 Å². The summed E-state index contributed by atoms with van der Waals surface area (Å²) >= 11 is 0. The van der Waals surface area contributed by atoms with Gasteiger partial charge in [-0.15, -0.1) is 5.10 Å². The van der Waals surface area contributed by atoms with Crippen molar-refractivity contribution >= 4 is 5.97 Å². The summed E-state index contributed by atoms with van der Waals surface area (Å²) in [5.41, 5.74) is -0.373. The van der Waals surface area contributed by atoms with Gasteiger partial charge in [0.1, 0.15) is 0 Å². The van der Waals surface area contributed by atoms with E-state index in [1.54, 1.807) is 0 Å². The Kier molecular flexibility index (Phi) is 1.67. The Bertz CT molecular complexity index is 280. The van der Waals surface area contributed by atoms with Crippen LogP contribution < -0.4 is 4.74 Å². The predicted octanol–water partition coefficient (Wildman–Crippen LogP) is -0.178. The number of aromatic hydroxyl groups is 1. The smallest absolute Gasteiger partial charge is 0.357 e. The molecule has 0 spiro atoms. The lowest BCUT2D eigenvalue weighted by molar-refractivity contribution is 0.0687. The number of aromatic carboxylic acids is 1. The fraction of sp³-hybridized carbons (Fsp3) is 0.200. The number of aromatic nitrogens is 2. The molecule has 0 unspecified atom stereocenters. The van der Waals surface area contributed by atoms with Gasteiger partial charge in [0, 0.05) is 0 Å². The molecule has 11 heavy (non-hydrogen) atoms. The van der Waals surface area contributed by atoms with Crippen molar-refractivity contribution in [1.82, 2.24) is 10.2 Å². The lowest BCUT2D eigenvalue weighted by Crippen LogP contribution is -1.96. The van der Waals surface area contributed by atoms with E-state index in [0.717, 1.165) is 0 Å². The molecule has 3 N–H and O–H groups in total. The first-order valence-electron chi connectivity index (χ1n) is 2.71. The summed E-state index contributed by atoms with van der Waals surface area (Å²) in [4.78, 5) is 10.3. The molecule has 1 heterocycles. The molecule has 1 aromatic rings. The maximum absolute atomic E-state index is 10.3. The van der Waals surface area contributed by atoms with E-state index in [1.165, 1.54) is 7.11 Å². The van der Waals surface area contributed by atoms with Crippen LogP contribution in [0, 0.1) is 0 Å². The summed E-state index contributed by atoms with van der Waals surface area (Å²) in [5.74, 6) is -1.89. The van der Waals surface area contributed by atoms with Crippen LogP contribution in [0.25, 0.3) is 0 Å². The number of methoxy groups -OCH3 is 1. The van der Waals surface area contributed by atoms with Crippen molar-refractivity contribution in [2.75, 3.05) is 7.11 Å². The fourth-order valence-corrected chi connectivity index (χ4v) is 0.611. The number of nitrogens with one attached hydrogen (secondary N) is 1. The zero-order valence-corrected chi connectivity index (χ0v) is 5.66. The SMILES string of the molecule is COc1n[nH]c(C(=O)O)c1O.